The molecule has 0 saturated carbocycles. The lowest BCUT2D eigenvalue weighted by Crippen LogP contribution is -2.15. The van der Waals surface area contributed by atoms with Crippen molar-refractivity contribution in [1.29, 1.82) is 0 Å². The average Bonchev–Trinajstić information content (AvgIpc) is 2.55. The number of hydrogen-bond acceptors (Lipinski definition) is 5. The minimum absolute atomic E-state index is 0.153. The van der Waals surface area contributed by atoms with Crippen LogP contribution in [-0.2, 0) is 4.79 Å². The van der Waals surface area contributed by atoms with Gasteiger partial charge in [0.25, 0.3) is 0 Å². The zero-order valence-corrected chi connectivity index (χ0v) is 12.3. The highest BCUT2D eigenvalue weighted by molar-refractivity contribution is 5.94. The number of carboxylic acids is 1. The van der Waals surface area contributed by atoms with Gasteiger partial charge < -0.3 is 16.2 Å². The Morgan fingerprint density at radius 3 is 2.57 bits per heavy atom. The number of aromatic nitrogens is 2. The molecule has 1 heterocycles. The number of nitrogens with zero attached hydrogens (tertiary/aromatic N) is 2. The lowest BCUT2D eigenvalue weighted by molar-refractivity contribution is -0.137. The third kappa shape index (κ3) is 3.44. The third-order valence-electron chi connectivity index (χ3n) is 3.53. The molecular formula is C17H16N4O2. The first kappa shape index (κ1) is 14.9. The molecule has 1 aromatic heterocycles. The fourth-order valence-corrected chi connectivity index (χ4v) is 2.35. The standard InChI is InChI=1S/C17H16N4O2/c18-14(8-16(22)23)12-9-19-17(20-10-12)21-15-7-3-5-11-4-1-2-6-13(11)15/h1-7,9-10,14H,8,18H2,(H,22,23)(H,19,20,21)/t14-/m0/s1. The summed E-state index contributed by atoms with van der Waals surface area (Å²) in [5, 5.41) is 14.1. The number of aliphatic carboxylic acids is 1. The Morgan fingerprint density at radius 2 is 1.83 bits per heavy atom. The summed E-state index contributed by atoms with van der Waals surface area (Å²) in [6.45, 7) is 0. The van der Waals surface area contributed by atoms with Gasteiger partial charge in [0.1, 0.15) is 0 Å². The van der Waals surface area contributed by atoms with Crippen molar-refractivity contribution >= 4 is 28.4 Å². The van der Waals surface area contributed by atoms with Gasteiger partial charge in [0.15, 0.2) is 0 Å². The Morgan fingerprint density at radius 1 is 1.13 bits per heavy atom. The lowest BCUT2D eigenvalue weighted by atomic mass is 10.1. The van der Waals surface area contributed by atoms with Crippen molar-refractivity contribution in [1.82, 2.24) is 9.97 Å². The van der Waals surface area contributed by atoms with E-state index in [1.807, 2.05) is 42.5 Å². The molecule has 0 bridgehead atoms. The number of carboxylic acid groups (broad SMARTS) is 1. The van der Waals surface area contributed by atoms with Crippen molar-refractivity contribution in [2.75, 3.05) is 5.32 Å². The SMILES string of the molecule is N[C@@H](CC(=O)O)c1cnc(Nc2cccc3ccccc23)nc1. The van der Waals surface area contributed by atoms with Gasteiger partial charge >= 0.3 is 5.97 Å². The van der Waals surface area contributed by atoms with E-state index in [1.165, 1.54) is 0 Å². The maximum absolute atomic E-state index is 10.7. The fraction of sp³-hybridized carbons (Fsp3) is 0.118. The second-order valence-corrected chi connectivity index (χ2v) is 5.20. The molecule has 3 aromatic rings. The van der Waals surface area contributed by atoms with Crippen LogP contribution in [0.15, 0.2) is 54.9 Å². The van der Waals surface area contributed by atoms with Crippen LogP contribution in [0.25, 0.3) is 10.8 Å². The molecule has 0 saturated heterocycles. The van der Waals surface area contributed by atoms with Crippen LogP contribution in [0.2, 0.25) is 0 Å². The normalized spacial score (nSPS) is 12.0. The van der Waals surface area contributed by atoms with Crippen molar-refractivity contribution in [3.63, 3.8) is 0 Å². The number of fused-ring (bicyclic) bond motifs is 1. The van der Waals surface area contributed by atoms with E-state index in [0.29, 0.717) is 11.5 Å². The number of nitrogens with one attached hydrogen (secondary N) is 1. The van der Waals surface area contributed by atoms with E-state index in [9.17, 15) is 4.79 Å². The maximum Gasteiger partial charge on any atom is 0.305 e. The van der Waals surface area contributed by atoms with Gasteiger partial charge in [-0.2, -0.15) is 0 Å². The maximum atomic E-state index is 10.7. The van der Waals surface area contributed by atoms with Crippen LogP contribution in [0.4, 0.5) is 11.6 Å². The van der Waals surface area contributed by atoms with E-state index in [-0.39, 0.29) is 6.42 Å². The number of benzene rings is 2. The van der Waals surface area contributed by atoms with Gasteiger partial charge in [0.05, 0.1) is 6.42 Å². The van der Waals surface area contributed by atoms with Gasteiger partial charge in [-0.15, -0.1) is 0 Å². The molecule has 0 aliphatic carbocycles. The molecule has 6 nitrogen and oxygen atoms in total. The number of carbonyl (C=O) groups is 1. The first-order valence-corrected chi connectivity index (χ1v) is 7.17. The molecule has 1 atom stereocenters. The molecule has 116 valence electrons. The van der Waals surface area contributed by atoms with Gasteiger partial charge in [-0.1, -0.05) is 36.4 Å². The molecule has 3 rings (SSSR count). The molecule has 0 radical (unpaired) electrons. The van der Waals surface area contributed by atoms with Crippen LogP contribution >= 0.6 is 0 Å². The Hall–Kier alpha value is -2.99. The largest absolute Gasteiger partial charge is 0.481 e. The first-order chi connectivity index (χ1) is 11.1. The highest BCUT2D eigenvalue weighted by Crippen LogP contribution is 2.25. The van der Waals surface area contributed by atoms with Crippen LogP contribution in [0.3, 0.4) is 0 Å². The molecule has 0 aliphatic heterocycles. The summed E-state index contributed by atoms with van der Waals surface area (Å²) in [4.78, 5) is 19.1. The van der Waals surface area contributed by atoms with E-state index in [0.717, 1.165) is 16.5 Å². The minimum atomic E-state index is -0.949. The minimum Gasteiger partial charge on any atom is -0.481 e. The Kier molecular flexibility index (Phi) is 4.16. The second-order valence-electron chi connectivity index (χ2n) is 5.20. The molecule has 0 fully saturated rings. The molecule has 0 unspecified atom stereocenters. The average molecular weight is 308 g/mol. The van der Waals surface area contributed by atoms with Crippen LogP contribution in [0.5, 0.6) is 0 Å². The second kappa shape index (κ2) is 6.41. The summed E-state index contributed by atoms with van der Waals surface area (Å²) in [7, 11) is 0. The monoisotopic (exact) mass is 308 g/mol. The van der Waals surface area contributed by atoms with Crippen molar-refractivity contribution < 1.29 is 9.90 Å². The van der Waals surface area contributed by atoms with Crippen LogP contribution in [-0.4, -0.2) is 21.0 Å². The van der Waals surface area contributed by atoms with Crippen LogP contribution < -0.4 is 11.1 Å². The van der Waals surface area contributed by atoms with Gasteiger partial charge in [-0.3, -0.25) is 4.79 Å². The van der Waals surface area contributed by atoms with E-state index >= 15 is 0 Å². The molecular weight excluding hydrogens is 292 g/mol. The summed E-state index contributed by atoms with van der Waals surface area (Å²) in [6.07, 6.45) is 2.95. The fourth-order valence-electron chi connectivity index (χ4n) is 2.35. The van der Waals surface area contributed by atoms with Gasteiger partial charge in [0.2, 0.25) is 5.95 Å². The predicted molar refractivity (Wildman–Crippen MR) is 88.4 cm³/mol. The van der Waals surface area contributed by atoms with Crippen LogP contribution in [0, 0.1) is 0 Å². The zero-order valence-electron chi connectivity index (χ0n) is 12.3. The number of rotatable bonds is 5. The molecule has 23 heavy (non-hydrogen) atoms. The van der Waals surface area contributed by atoms with Crippen molar-refractivity contribution in [2.24, 2.45) is 5.73 Å². The highest BCUT2D eigenvalue weighted by Gasteiger charge is 2.11. The first-order valence-electron chi connectivity index (χ1n) is 7.17. The molecule has 0 amide bonds. The molecule has 6 heteroatoms. The van der Waals surface area contributed by atoms with Gasteiger partial charge in [-0.25, -0.2) is 9.97 Å². The summed E-state index contributed by atoms with van der Waals surface area (Å²) < 4.78 is 0. The molecule has 2 aromatic carbocycles. The lowest BCUT2D eigenvalue weighted by Gasteiger charge is -2.11. The number of hydrogen-bond donors (Lipinski definition) is 3. The smallest absolute Gasteiger partial charge is 0.305 e. The molecule has 0 aliphatic rings. The van der Waals surface area contributed by atoms with Crippen molar-refractivity contribution in [3.8, 4) is 0 Å². The number of nitrogens with two attached hydrogens (primary N) is 1. The summed E-state index contributed by atoms with van der Waals surface area (Å²) in [5.74, 6) is -0.511. The Balaban J connectivity index is 1.81. The van der Waals surface area contributed by atoms with E-state index < -0.39 is 12.0 Å². The summed E-state index contributed by atoms with van der Waals surface area (Å²) in [6, 6.07) is 13.4. The number of anilines is 2. The van der Waals surface area contributed by atoms with E-state index in [4.69, 9.17) is 10.8 Å². The Bertz CT molecular complexity index is 828. The zero-order chi connectivity index (χ0) is 16.2. The van der Waals surface area contributed by atoms with Gasteiger partial charge in [-0.05, 0) is 11.5 Å². The van der Waals surface area contributed by atoms with Gasteiger partial charge in [0, 0.05) is 35.1 Å². The summed E-state index contributed by atoms with van der Waals surface area (Å²) >= 11 is 0. The third-order valence-corrected chi connectivity index (χ3v) is 3.53. The van der Waals surface area contributed by atoms with Crippen LogP contribution in [0.1, 0.15) is 18.0 Å². The van der Waals surface area contributed by atoms with E-state index in [2.05, 4.69) is 15.3 Å². The molecule has 4 N–H and O–H groups in total. The van der Waals surface area contributed by atoms with Crippen molar-refractivity contribution in [2.45, 2.75) is 12.5 Å². The topological polar surface area (TPSA) is 101 Å². The predicted octanol–water partition coefficient (Wildman–Crippen LogP) is 2.85. The Labute approximate surface area is 133 Å². The highest BCUT2D eigenvalue weighted by atomic mass is 16.4. The quantitative estimate of drug-likeness (QED) is 0.670. The molecule has 0 spiro atoms. The summed E-state index contributed by atoms with van der Waals surface area (Å²) in [5.41, 5.74) is 7.29. The van der Waals surface area contributed by atoms with Crippen molar-refractivity contribution in [3.05, 3.63) is 60.4 Å². The van der Waals surface area contributed by atoms with E-state index in [1.54, 1.807) is 12.4 Å².